The summed E-state index contributed by atoms with van der Waals surface area (Å²) in [6.45, 7) is 4.95. The fraction of sp³-hybridized carbons (Fsp3) is 0.500. The molecule has 1 unspecified atom stereocenters. The van der Waals surface area contributed by atoms with E-state index >= 15 is 0 Å². The SMILES string of the molecule is COc1ccc(CN2CC/C(=N/O)C(C)C2)cc1. The zero-order valence-electron chi connectivity index (χ0n) is 11.0. The predicted octanol–water partition coefficient (Wildman–Crippen LogP) is 2.37. The topological polar surface area (TPSA) is 45.1 Å². The average Bonchev–Trinajstić information content (AvgIpc) is 2.40. The molecule has 0 radical (unpaired) electrons. The van der Waals surface area contributed by atoms with Gasteiger partial charge in [0.25, 0.3) is 0 Å². The van der Waals surface area contributed by atoms with E-state index in [2.05, 4.69) is 29.1 Å². The molecule has 1 fully saturated rings. The molecule has 1 aromatic carbocycles. The van der Waals surface area contributed by atoms with Crippen molar-refractivity contribution in [3.05, 3.63) is 29.8 Å². The molecule has 1 saturated heterocycles. The van der Waals surface area contributed by atoms with Gasteiger partial charge in [0.2, 0.25) is 0 Å². The second-order valence-electron chi connectivity index (χ2n) is 4.83. The standard InChI is InChI=1S/C14H20N2O2/c1-11-9-16(8-7-14(11)15-17)10-12-3-5-13(18-2)6-4-12/h3-6,11,17H,7-10H2,1-2H3/b15-14-. The maximum Gasteiger partial charge on any atom is 0.118 e. The number of oxime groups is 1. The van der Waals surface area contributed by atoms with Gasteiger partial charge in [0.05, 0.1) is 12.8 Å². The van der Waals surface area contributed by atoms with Gasteiger partial charge in [0, 0.05) is 32.0 Å². The molecule has 1 heterocycles. The molecule has 4 heteroatoms. The Labute approximate surface area is 108 Å². The highest BCUT2D eigenvalue weighted by Gasteiger charge is 2.22. The number of rotatable bonds is 3. The van der Waals surface area contributed by atoms with Crippen molar-refractivity contribution in [2.45, 2.75) is 19.9 Å². The minimum Gasteiger partial charge on any atom is -0.497 e. The van der Waals surface area contributed by atoms with Crippen LogP contribution in [0.5, 0.6) is 5.75 Å². The Hall–Kier alpha value is -1.55. The molecule has 0 aliphatic carbocycles. The van der Waals surface area contributed by atoms with Gasteiger partial charge in [-0.2, -0.15) is 0 Å². The van der Waals surface area contributed by atoms with Gasteiger partial charge in [-0.05, 0) is 17.7 Å². The number of ether oxygens (including phenoxy) is 1. The van der Waals surface area contributed by atoms with E-state index in [1.54, 1.807) is 7.11 Å². The second-order valence-corrected chi connectivity index (χ2v) is 4.83. The molecule has 0 amide bonds. The molecule has 98 valence electrons. The number of benzene rings is 1. The summed E-state index contributed by atoms with van der Waals surface area (Å²) < 4.78 is 5.15. The van der Waals surface area contributed by atoms with Crippen molar-refractivity contribution in [1.82, 2.24) is 4.90 Å². The molecule has 0 spiro atoms. The van der Waals surface area contributed by atoms with E-state index in [0.717, 1.165) is 37.5 Å². The Balaban J connectivity index is 1.94. The highest BCUT2D eigenvalue weighted by atomic mass is 16.5. The van der Waals surface area contributed by atoms with Crippen LogP contribution in [0.25, 0.3) is 0 Å². The number of nitrogens with zero attached hydrogens (tertiary/aromatic N) is 2. The van der Waals surface area contributed by atoms with Gasteiger partial charge in [0.1, 0.15) is 5.75 Å². The van der Waals surface area contributed by atoms with Gasteiger partial charge < -0.3 is 9.94 Å². The minimum absolute atomic E-state index is 0.335. The van der Waals surface area contributed by atoms with Crippen molar-refractivity contribution in [3.63, 3.8) is 0 Å². The third kappa shape index (κ3) is 3.01. The maximum absolute atomic E-state index is 8.85. The van der Waals surface area contributed by atoms with Crippen LogP contribution in [-0.4, -0.2) is 36.0 Å². The van der Waals surface area contributed by atoms with E-state index in [1.165, 1.54) is 5.56 Å². The first-order valence-corrected chi connectivity index (χ1v) is 6.29. The minimum atomic E-state index is 0.335. The normalized spacial score (nSPS) is 23.2. The molecule has 1 atom stereocenters. The van der Waals surface area contributed by atoms with E-state index in [0.29, 0.717) is 5.92 Å². The zero-order valence-corrected chi connectivity index (χ0v) is 11.0. The van der Waals surface area contributed by atoms with Crippen molar-refractivity contribution in [2.75, 3.05) is 20.2 Å². The van der Waals surface area contributed by atoms with Crippen molar-refractivity contribution < 1.29 is 9.94 Å². The van der Waals surface area contributed by atoms with E-state index in [9.17, 15) is 0 Å². The number of methoxy groups -OCH3 is 1. The lowest BCUT2D eigenvalue weighted by Gasteiger charge is -2.31. The fourth-order valence-electron chi connectivity index (χ4n) is 2.38. The zero-order chi connectivity index (χ0) is 13.0. The Morgan fingerprint density at radius 3 is 2.67 bits per heavy atom. The van der Waals surface area contributed by atoms with Crippen molar-refractivity contribution >= 4 is 5.71 Å². The first kappa shape index (κ1) is 12.9. The van der Waals surface area contributed by atoms with Crippen LogP contribution >= 0.6 is 0 Å². The van der Waals surface area contributed by atoms with E-state index in [4.69, 9.17) is 9.94 Å². The molecule has 0 saturated carbocycles. The van der Waals surface area contributed by atoms with Crippen LogP contribution in [-0.2, 0) is 6.54 Å². The average molecular weight is 248 g/mol. The summed E-state index contributed by atoms with van der Waals surface area (Å²) in [7, 11) is 1.68. The Kier molecular flexibility index (Phi) is 4.20. The van der Waals surface area contributed by atoms with E-state index in [-0.39, 0.29) is 0 Å². The lowest BCUT2D eigenvalue weighted by atomic mass is 9.97. The molecule has 4 nitrogen and oxygen atoms in total. The molecule has 1 aliphatic rings. The summed E-state index contributed by atoms with van der Waals surface area (Å²) in [5.41, 5.74) is 2.20. The highest BCUT2D eigenvalue weighted by molar-refractivity contribution is 5.86. The molecule has 18 heavy (non-hydrogen) atoms. The van der Waals surface area contributed by atoms with Crippen LogP contribution in [0.15, 0.2) is 29.4 Å². The largest absolute Gasteiger partial charge is 0.497 e. The molecule has 0 aromatic heterocycles. The molecule has 0 bridgehead atoms. The van der Waals surface area contributed by atoms with Gasteiger partial charge in [0.15, 0.2) is 0 Å². The van der Waals surface area contributed by atoms with Crippen LogP contribution in [0.1, 0.15) is 18.9 Å². The molecular weight excluding hydrogens is 228 g/mol. The van der Waals surface area contributed by atoms with E-state index in [1.807, 2.05) is 12.1 Å². The fourth-order valence-corrected chi connectivity index (χ4v) is 2.38. The third-order valence-electron chi connectivity index (χ3n) is 3.48. The number of hydrogen-bond acceptors (Lipinski definition) is 4. The van der Waals surface area contributed by atoms with Crippen LogP contribution < -0.4 is 4.74 Å². The third-order valence-corrected chi connectivity index (χ3v) is 3.48. The summed E-state index contributed by atoms with van der Waals surface area (Å²) in [4.78, 5) is 2.39. The summed E-state index contributed by atoms with van der Waals surface area (Å²) in [6, 6.07) is 8.17. The summed E-state index contributed by atoms with van der Waals surface area (Å²) >= 11 is 0. The number of likely N-dealkylation sites (tertiary alicyclic amines) is 1. The van der Waals surface area contributed by atoms with Crippen LogP contribution in [0, 0.1) is 5.92 Å². The quantitative estimate of drug-likeness (QED) is 0.659. The first-order chi connectivity index (χ1) is 8.72. The van der Waals surface area contributed by atoms with Gasteiger partial charge in [-0.25, -0.2) is 0 Å². The first-order valence-electron chi connectivity index (χ1n) is 6.29. The smallest absolute Gasteiger partial charge is 0.118 e. The molecular formula is C14H20N2O2. The number of piperidine rings is 1. The summed E-state index contributed by atoms with van der Waals surface area (Å²) in [5, 5.41) is 12.2. The predicted molar refractivity (Wildman–Crippen MR) is 71.3 cm³/mol. The second kappa shape index (κ2) is 5.87. The Bertz CT molecular complexity index is 414. The molecule has 2 rings (SSSR count). The number of hydrogen-bond donors (Lipinski definition) is 1. The lowest BCUT2D eigenvalue weighted by molar-refractivity contribution is 0.228. The van der Waals surface area contributed by atoms with Crippen LogP contribution in [0.2, 0.25) is 0 Å². The summed E-state index contributed by atoms with van der Waals surface area (Å²) in [6.07, 6.45) is 0.855. The molecule has 1 N–H and O–H groups in total. The highest BCUT2D eigenvalue weighted by Crippen LogP contribution is 2.18. The lowest BCUT2D eigenvalue weighted by Crippen LogP contribution is -2.39. The van der Waals surface area contributed by atoms with Gasteiger partial charge in [-0.15, -0.1) is 0 Å². The Morgan fingerprint density at radius 2 is 2.11 bits per heavy atom. The molecule has 1 aromatic rings. The van der Waals surface area contributed by atoms with Crippen molar-refractivity contribution in [3.8, 4) is 5.75 Å². The van der Waals surface area contributed by atoms with Gasteiger partial charge >= 0.3 is 0 Å². The van der Waals surface area contributed by atoms with Crippen LogP contribution in [0.4, 0.5) is 0 Å². The Morgan fingerprint density at radius 1 is 1.39 bits per heavy atom. The van der Waals surface area contributed by atoms with Crippen LogP contribution in [0.3, 0.4) is 0 Å². The van der Waals surface area contributed by atoms with Gasteiger partial charge in [-0.3, -0.25) is 4.90 Å². The molecule has 1 aliphatic heterocycles. The van der Waals surface area contributed by atoms with Crippen molar-refractivity contribution in [2.24, 2.45) is 11.1 Å². The summed E-state index contributed by atoms with van der Waals surface area (Å²) in [5.74, 6) is 1.22. The van der Waals surface area contributed by atoms with Gasteiger partial charge in [-0.1, -0.05) is 24.2 Å². The maximum atomic E-state index is 8.85. The van der Waals surface area contributed by atoms with E-state index < -0.39 is 0 Å². The van der Waals surface area contributed by atoms with Crippen molar-refractivity contribution in [1.29, 1.82) is 0 Å². The monoisotopic (exact) mass is 248 g/mol.